The van der Waals surface area contributed by atoms with Crippen LogP contribution in [-0.2, 0) is 6.54 Å². The number of hydrogen-bond acceptors (Lipinski definition) is 5. The van der Waals surface area contributed by atoms with E-state index in [2.05, 4.69) is 15.1 Å². The highest BCUT2D eigenvalue weighted by molar-refractivity contribution is 7.99. The molecule has 0 aliphatic rings. The first kappa shape index (κ1) is 13.8. The summed E-state index contributed by atoms with van der Waals surface area (Å²) in [5, 5.41) is 5.05. The van der Waals surface area contributed by atoms with Gasteiger partial charge in [0.15, 0.2) is 5.16 Å². The van der Waals surface area contributed by atoms with Crippen molar-refractivity contribution in [1.29, 1.82) is 0 Å². The SMILES string of the molecule is CCOc1ccc2nc(SCCn3cc(N)cn3)[nH]c2c1. The predicted molar refractivity (Wildman–Crippen MR) is 84.6 cm³/mol. The Morgan fingerprint density at radius 3 is 3.10 bits per heavy atom. The average Bonchev–Trinajstić information content (AvgIpc) is 3.05. The normalized spacial score (nSPS) is 11.1. The zero-order chi connectivity index (χ0) is 14.7. The van der Waals surface area contributed by atoms with Crippen molar-refractivity contribution in [1.82, 2.24) is 19.7 Å². The standard InChI is InChI=1S/C14H17N5OS/c1-2-20-11-3-4-12-13(7-11)18-14(17-12)21-6-5-19-9-10(15)8-16-19/h3-4,7-9H,2,5-6,15H2,1H3,(H,17,18). The number of aromatic nitrogens is 4. The molecule has 21 heavy (non-hydrogen) atoms. The van der Waals surface area contributed by atoms with Crippen molar-refractivity contribution in [3.8, 4) is 5.75 Å². The summed E-state index contributed by atoms with van der Waals surface area (Å²) < 4.78 is 7.32. The van der Waals surface area contributed by atoms with Crippen molar-refractivity contribution in [3.05, 3.63) is 30.6 Å². The molecule has 3 aromatic rings. The Hall–Kier alpha value is -2.15. The van der Waals surface area contributed by atoms with Gasteiger partial charge in [0.1, 0.15) is 5.75 Å². The number of fused-ring (bicyclic) bond motifs is 1. The van der Waals surface area contributed by atoms with Gasteiger partial charge in [-0.25, -0.2) is 4.98 Å². The van der Waals surface area contributed by atoms with E-state index in [1.54, 1.807) is 18.0 Å². The number of nitrogens with one attached hydrogen (secondary N) is 1. The van der Waals surface area contributed by atoms with Crippen LogP contribution >= 0.6 is 11.8 Å². The van der Waals surface area contributed by atoms with E-state index in [9.17, 15) is 0 Å². The molecule has 3 N–H and O–H groups in total. The van der Waals surface area contributed by atoms with E-state index in [1.165, 1.54) is 0 Å². The van der Waals surface area contributed by atoms with Gasteiger partial charge in [0, 0.05) is 18.0 Å². The maximum absolute atomic E-state index is 5.63. The van der Waals surface area contributed by atoms with Crippen LogP contribution in [0.25, 0.3) is 11.0 Å². The number of nitrogens with zero attached hydrogens (tertiary/aromatic N) is 3. The van der Waals surface area contributed by atoms with Crippen molar-refractivity contribution < 1.29 is 4.74 Å². The average molecular weight is 303 g/mol. The molecule has 2 aromatic heterocycles. The second kappa shape index (κ2) is 6.09. The van der Waals surface area contributed by atoms with Gasteiger partial charge < -0.3 is 15.5 Å². The predicted octanol–water partition coefficient (Wildman–Crippen LogP) is 2.53. The topological polar surface area (TPSA) is 81.8 Å². The zero-order valence-electron chi connectivity index (χ0n) is 11.7. The number of aromatic amines is 1. The Bertz CT molecular complexity index is 736. The van der Waals surface area contributed by atoms with Gasteiger partial charge in [0.05, 0.1) is 36.1 Å². The molecule has 0 spiro atoms. The Balaban J connectivity index is 1.64. The lowest BCUT2D eigenvalue weighted by molar-refractivity contribution is 0.340. The van der Waals surface area contributed by atoms with Gasteiger partial charge in [-0.1, -0.05) is 11.8 Å². The fraction of sp³-hybridized carbons (Fsp3) is 0.286. The third kappa shape index (κ3) is 3.30. The molecule has 1 aromatic carbocycles. The van der Waals surface area contributed by atoms with Crippen LogP contribution in [0.1, 0.15) is 6.92 Å². The number of rotatable bonds is 6. The van der Waals surface area contributed by atoms with Crippen molar-refractivity contribution in [2.45, 2.75) is 18.6 Å². The lowest BCUT2D eigenvalue weighted by Crippen LogP contribution is -2.00. The summed E-state index contributed by atoms with van der Waals surface area (Å²) in [6, 6.07) is 5.88. The van der Waals surface area contributed by atoms with E-state index in [-0.39, 0.29) is 0 Å². The Morgan fingerprint density at radius 1 is 1.43 bits per heavy atom. The Labute approximate surface area is 126 Å². The minimum atomic E-state index is 0.661. The van der Waals surface area contributed by atoms with E-state index in [0.29, 0.717) is 12.3 Å². The van der Waals surface area contributed by atoms with Crippen LogP contribution in [0.5, 0.6) is 5.75 Å². The summed E-state index contributed by atoms with van der Waals surface area (Å²) in [7, 11) is 0. The maximum atomic E-state index is 5.63. The number of H-pyrrole nitrogens is 1. The van der Waals surface area contributed by atoms with Crippen molar-refractivity contribution in [2.24, 2.45) is 0 Å². The molecular formula is C14H17N5OS. The summed E-state index contributed by atoms with van der Waals surface area (Å²) in [4.78, 5) is 7.85. The van der Waals surface area contributed by atoms with E-state index in [4.69, 9.17) is 10.5 Å². The fourth-order valence-corrected chi connectivity index (χ4v) is 2.84. The highest BCUT2D eigenvalue weighted by Crippen LogP contribution is 2.23. The van der Waals surface area contributed by atoms with Crippen LogP contribution in [-0.4, -0.2) is 32.1 Å². The van der Waals surface area contributed by atoms with Crippen molar-refractivity contribution in [2.75, 3.05) is 18.1 Å². The van der Waals surface area contributed by atoms with Gasteiger partial charge in [-0.3, -0.25) is 4.68 Å². The molecule has 2 heterocycles. The van der Waals surface area contributed by atoms with Crippen molar-refractivity contribution in [3.63, 3.8) is 0 Å². The second-order valence-corrected chi connectivity index (χ2v) is 5.62. The van der Waals surface area contributed by atoms with Gasteiger partial charge in [0.2, 0.25) is 0 Å². The minimum Gasteiger partial charge on any atom is -0.494 e. The molecule has 0 atom stereocenters. The molecule has 0 fully saturated rings. The van der Waals surface area contributed by atoms with Crippen LogP contribution in [0.3, 0.4) is 0 Å². The monoisotopic (exact) mass is 303 g/mol. The molecule has 3 rings (SSSR count). The first-order chi connectivity index (χ1) is 10.2. The smallest absolute Gasteiger partial charge is 0.166 e. The molecule has 0 radical (unpaired) electrons. The lowest BCUT2D eigenvalue weighted by Gasteiger charge is -2.00. The molecule has 0 unspecified atom stereocenters. The van der Waals surface area contributed by atoms with Crippen molar-refractivity contribution >= 4 is 28.5 Å². The molecular weight excluding hydrogens is 286 g/mol. The summed E-state index contributed by atoms with van der Waals surface area (Å²) in [6.07, 6.45) is 3.48. The molecule has 6 nitrogen and oxygen atoms in total. The fourth-order valence-electron chi connectivity index (χ4n) is 2.03. The number of hydrogen-bond donors (Lipinski definition) is 2. The minimum absolute atomic E-state index is 0.661. The molecule has 0 bridgehead atoms. The highest BCUT2D eigenvalue weighted by Gasteiger charge is 2.05. The van der Waals surface area contributed by atoms with Gasteiger partial charge in [-0.15, -0.1) is 0 Å². The summed E-state index contributed by atoms with van der Waals surface area (Å²) >= 11 is 1.66. The third-order valence-electron chi connectivity index (χ3n) is 2.96. The molecule has 0 aliphatic heterocycles. The first-order valence-electron chi connectivity index (χ1n) is 6.78. The van der Waals surface area contributed by atoms with Gasteiger partial charge in [0.25, 0.3) is 0 Å². The number of ether oxygens (including phenoxy) is 1. The lowest BCUT2D eigenvalue weighted by atomic mass is 10.3. The molecule has 0 amide bonds. The van der Waals surface area contributed by atoms with Crippen LogP contribution in [0.2, 0.25) is 0 Å². The quantitative estimate of drug-likeness (QED) is 0.684. The van der Waals surface area contributed by atoms with Gasteiger partial charge in [-0.2, -0.15) is 5.10 Å². The zero-order valence-corrected chi connectivity index (χ0v) is 12.6. The molecule has 110 valence electrons. The number of nitrogen functional groups attached to an aromatic ring is 1. The van der Waals surface area contributed by atoms with E-state index >= 15 is 0 Å². The molecule has 0 saturated carbocycles. The number of imidazole rings is 1. The van der Waals surface area contributed by atoms with Crippen LogP contribution in [0, 0.1) is 0 Å². The number of benzene rings is 1. The number of thioether (sulfide) groups is 1. The molecule has 7 heteroatoms. The summed E-state index contributed by atoms with van der Waals surface area (Å²) in [5.41, 5.74) is 8.26. The molecule has 0 saturated heterocycles. The maximum Gasteiger partial charge on any atom is 0.166 e. The van der Waals surface area contributed by atoms with Crippen LogP contribution < -0.4 is 10.5 Å². The second-order valence-electron chi connectivity index (χ2n) is 4.54. The van der Waals surface area contributed by atoms with Crippen LogP contribution in [0.4, 0.5) is 5.69 Å². The number of nitrogens with two attached hydrogens (primary N) is 1. The van der Waals surface area contributed by atoms with E-state index < -0.39 is 0 Å². The highest BCUT2D eigenvalue weighted by atomic mass is 32.2. The van der Waals surface area contributed by atoms with Gasteiger partial charge >= 0.3 is 0 Å². The Kier molecular flexibility index (Phi) is 4.01. The number of aryl methyl sites for hydroxylation is 1. The summed E-state index contributed by atoms with van der Waals surface area (Å²) in [5.74, 6) is 1.73. The van der Waals surface area contributed by atoms with Gasteiger partial charge in [-0.05, 0) is 19.1 Å². The van der Waals surface area contributed by atoms with E-state index in [1.807, 2.05) is 36.0 Å². The number of anilines is 1. The largest absolute Gasteiger partial charge is 0.494 e. The molecule has 0 aliphatic carbocycles. The Morgan fingerprint density at radius 2 is 2.33 bits per heavy atom. The first-order valence-corrected chi connectivity index (χ1v) is 7.76. The van der Waals surface area contributed by atoms with Crippen LogP contribution in [0.15, 0.2) is 35.7 Å². The van der Waals surface area contributed by atoms with E-state index in [0.717, 1.165) is 34.2 Å². The third-order valence-corrected chi connectivity index (χ3v) is 3.81. The summed E-state index contributed by atoms with van der Waals surface area (Å²) in [6.45, 7) is 3.43.